The topological polar surface area (TPSA) is 81.9 Å². The highest BCUT2D eigenvalue weighted by molar-refractivity contribution is 8.06. The summed E-state index contributed by atoms with van der Waals surface area (Å²) in [6, 6.07) is 18.8. The Morgan fingerprint density at radius 2 is 1.65 bits per heavy atom. The van der Waals surface area contributed by atoms with Gasteiger partial charge in [0.15, 0.2) is 6.10 Å². The number of carbonyl (C=O) groups excluding carboxylic acids is 2. The third-order valence-corrected chi connectivity index (χ3v) is 8.99. The van der Waals surface area contributed by atoms with Gasteiger partial charge in [0.25, 0.3) is 0 Å². The number of esters is 1. The number of benzene rings is 2. The first kappa shape index (κ1) is 25.1. The Morgan fingerprint density at radius 3 is 2.24 bits per heavy atom. The van der Waals surface area contributed by atoms with E-state index in [9.17, 15) is 9.59 Å². The van der Waals surface area contributed by atoms with E-state index in [1.54, 1.807) is 28.4 Å². The first-order chi connectivity index (χ1) is 16.1. The summed E-state index contributed by atoms with van der Waals surface area (Å²) in [5, 5.41) is 0.142. The molecule has 0 aliphatic carbocycles. The molecule has 0 saturated carbocycles. The van der Waals surface area contributed by atoms with E-state index < -0.39 is 18.1 Å². The Bertz CT molecular complexity index is 1010. The summed E-state index contributed by atoms with van der Waals surface area (Å²) in [6.07, 6.45) is 1.28. The number of β-lactam (4-membered cyclic amide) rings is 1. The van der Waals surface area contributed by atoms with E-state index in [4.69, 9.17) is 15.2 Å². The number of hydrogen-bond acceptors (Lipinski definition) is 7. The van der Waals surface area contributed by atoms with Gasteiger partial charge in [-0.1, -0.05) is 60.7 Å². The molecular weight excluding hydrogens is 492 g/mol. The molecule has 0 aromatic heterocycles. The standard InChI is InChI=1S/C25H26N2O4S2.ClH/c26-20-23(28)27-21(19(15-32-24(20)27)33-18-11-13-30-14-12-18)25(29)31-22(16-7-3-1-4-8-16)17-9-5-2-6-10-17;/h1-10,18,20,22,24H,11-15,26H2;1H. The lowest BCUT2D eigenvalue weighted by atomic mass is 10.0. The molecule has 3 aliphatic heterocycles. The second-order valence-corrected chi connectivity index (χ2v) is 10.7. The van der Waals surface area contributed by atoms with Crippen molar-refractivity contribution in [2.24, 2.45) is 5.73 Å². The van der Waals surface area contributed by atoms with Gasteiger partial charge in [0.05, 0.1) is 0 Å². The van der Waals surface area contributed by atoms with E-state index in [0.29, 0.717) is 16.7 Å². The van der Waals surface area contributed by atoms with Crippen molar-refractivity contribution in [3.63, 3.8) is 0 Å². The number of hydrogen-bond donors (Lipinski definition) is 1. The van der Waals surface area contributed by atoms with Crippen LogP contribution in [0.1, 0.15) is 30.1 Å². The van der Waals surface area contributed by atoms with Crippen LogP contribution < -0.4 is 5.73 Å². The predicted octanol–water partition coefficient (Wildman–Crippen LogP) is 4.11. The minimum atomic E-state index is -0.577. The molecule has 2 saturated heterocycles. The van der Waals surface area contributed by atoms with Gasteiger partial charge < -0.3 is 15.2 Å². The molecule has 0 radical (unpaired) electrons. The first-order valence-corrected chi connectivity index (χ1v) is 13.0. The van der Waals surface area contributed by atoms with E-state index in [1.165, 1.54) is 0 Å². The van der Waals surface area contributed by atoms with Crippen molar-refractivity contribution in [3.05, 3.63) is 82.4 Å². The number of rotatable bonds is 6. The van der Waals surface area contributed by atoms with Crippen LogP contribution in [0.15, 0.2) is 71.3 Å². The number of carbonyl (C=O) groups is 2. The second kappa shape index (κ2) is 11.2. The summed E-state index contributed by atoms with van der Waals surface area (Å²) < 4.78 is 11.6. The summed E-state index contributed by atoms with van der Waals surface area (Å²) in [5.41, 5.74) is 8.16. The van der Waals surface area contributed by atoms with Crippen LogP contribution in [0.2, 0.25) is 0 Å². The zero-order valence-electron chi connectivity index (χ0n) is 18.5. The van der Waals surface area contributed by atoms with E-state index in [1.807, 2.05) is 60.7 Å². The van der Waals surface area contributed by atoms with Crippen molar-refractivity contribution < 1.29 is 19.1 Å². The number of amides is 1. The van der Waals surface area contributed by atoms with Crippen LogP contribution in [-0.4, -0.2) is 52.4 Å². The molecule has 2 N–H and O–H groups in total. The quantitative estimate of drug-likeness (QED) is 0.455. The lowest BCUT2D eigenvalue weighted by Crippen LogP contribution is -2.68. The highest BCUT2D eigenvalue weighted by Crippen LogP contribution is 2.45. The maximum atomic E-state index is 13.7. The summed E-state index contributed by atoms with van der Waals surface area (Å²) >= 11 is 3.30. The number of ether oxygens (including phenoxy) is 2. The van der Waals surface area contributed by atoms with Gasteiger partial charge in [-0.3, -0.25) is 9.69 Å². The monoisotopic (exact) mass is 518 g/mol. The van der Waals surface area contributed by atoms with Crippen LogP contribution in [-0.2, 0) is 19.1 Å². The van der Waals surface area contributed by atoms with Gasteiger partial charge in [-0.15, -0.1) is 35.9 Å². The maximum Gasteiger partial charge on any atom is 0.356 e. The van der Waals surface area contributed by atoms with Crippen molar-refractivity contribution in [2.75, 3.05) is 19.0 Å². The third-order valence-electron chi connectivity index (χ3n) is 6.07. The molecule has 0 spiro atoms. The molecule has 1 amide bonds. The smallest absolute Gasteiger partial charge is 0.356 e. The zero-order chi connectivity index (χ0) is 22.8. The molecule has 3 heterocycles. The fourth-order valence-electron chi connectivity index (χ4n) is 4.31. The van der Waals surface area contributed by atoms with Gasteiger partial charge >= 0.3 is 5.97 Å². The van der Waals surface area contributed by atoms with Gasteiger partial charge in [-0.25, -0.2) is 4.79 Å². The van der Waals surface area contributed by atoms with Gasteiger partial charge in [-0.05, 0) is 24.0 Å². The van der Waals surface area contributed by atoms with Crippen molar-refractivity contribution in [1.29, 1.82) is 0 Å². The molecule has 2 aromatic carbocycles. The van der Waals surface area contributed by atoms with Crippen molar-refractivity contribution in [3.8, 4) is 0 Å². The number of thioether (sulfide) groups is 2. The highest BCUT2D eigenvalue weighted by atomic mass is 35.5. The number of nitrogens with two attached hydrogens (primary N) is 1. The molecular formula is C25H27ClN2O4S2. The summed E-state index contributed by atoms with van der Waals surface area (Å²) in [7, 11) is 0. The molecule has 3 aliphatic rings. The Morgan fingerprint density at radius 1 is 1.06 bits per heavy atom. The zero-order valence-corrected chi connectivity index (χ0v) is 21.0. The minimum absolute atomic E-state index is 0. The molecule has 9 heteroatoms. The van der Waals surface area contributed by atoms with E-state index in [2.05, 4.69) is 0 Å². The Hall–Kier alpha value is -1.97. The van der Waals surface area contributed by atoms with E-state index in [0.717, 1.165) is 42.1 Å². The van der Waals surface area contributed by atoms with Gasteiger partial charge in [0.1, 0.15) is 17.1 Å². The molecule has 2 fully saturated rings. The van der Waals surface area contributed by atoms with Gasteiger partial charge in [0.2, 0.25) is 5.91 Å². The van der Waals surface area contributed by atoms with Crippen LogP contribution in [0.3, 0.4) is 0 Å². The fraction of sp³-hybridized carbons (Fsp3) is 0.360. The maximum absolute atomic E-state index is 13.7. The van der Waals surface area contributed by atoms with Gasteiger partial charge in [-0.2, -0.15) is 0 Å². The Kier molecular flexibility index (Phi) is 8.26. The molecule has 5 rings (SSSR count). The molecule has 2 atom stereocenters. The average Bonchev–Trinajstić information content (AvgIpc) is 2.88. The lowest BCUT2D eigenvalue weighted by Gasteiger charge is -2.48. The van der Waals surface area contributed by atoms with Crippen LogP contribution >= 0.6 is 35.9 Å². The Balaban J connectivity index is 0.00000274. The van der Waals surface area contributed by atoms with E-state index >= 15 is 0 Å². The van der Waals surface area contributed by atoms with Crippen molar-refractivity contribution in [1.82, 2.24) is 4.90 Å². The summed E-state index contributed by atoms with van der Waals surface area (Å²) in [6.45, 7) is 1.44. The SMILES string of the molecule is Cl.NC1C(=O)N2C(C(=O)OC(c3ccccc3)c3ccccc3)=C(SC3CCOCC3)CSC12. The summed E-state index contributed by atoms with van der Waals surface area (Å²) in [4.78, 5) is 28.8. The number of nitrogens with zero attached hydrogens (tertiary/aromatic N) is 1. The van der Waals surface area contributed by atoms with Crippen LogP contribution in [0.25, 0.3) is 0 Å². The lowest BCUT2D eigenvalue weighted by molar-refractivity contribution is -0.152. The third kappa shape index (κ3) is 5.02. The molecule has 2 aromatic rings. The predicted molar refractivity (Wildman–Crippen MR) is 138 cm³/mol. The van der Waals surface area contributed by atoms with E-state index in [-0.39, 0.29) is 23.7 Å². The number of halogens is 1. The minimum Gasteiger partial charge on any atom is -0.448 e. The second-order valence-electron chi connectivity index (χ2n) is 8.24. The van der Waals surface area contributed by atoms with Crippen molar-refractivity contribution in [2.45, 2.75) is 35.6 Å². The van der Waals surface area contributed by atoms with Gasteiger partial charge in [0, 0.05) is 29.1 Å². The Labute approximate surface area is 214 Å². The molecule has 6 nitrogen and oxygen atoms in total. The normalized spacial score (nSPS) is 22.6. The number of fused-ring (bicyclic) bond motifs is 1. The fourth-order valence-corrected chi connectivity index (χ4v) is 7.05. The van der Waals surface area contributed by atoms with Crippen LogP contribution in [0.5, 0.6) is 0 Å². The molecule has 0 bridgehead atoms. The molecule has 34 heavy (non-hydrogen) atoms. The molecule has 2 unspecified atom stereocenters. The first-order valence-electron chi connectivity index (χ1n) is 11.1. The largest absolute Gasteiger partial charge is 0.448 e. The van der Waals surface area contributed by atoms with Crippen molar-refractivity contribution >= 4 is 47.8 Å². The average molecular weight is 519 g/mol. The summed E-state index contributed by atoms with van der Waals surface area (Å²) in [5.74, 6) is -0.0522. The highest BCUT2D eigenvalue weighted by Gasteiger charge is 2.52. The molecule has 180 valence electrons. The van der Waals surface area contributed by atoms with Crippen LogP contribution in [0, 0.1) is 0 Å². The van der Waals surface area contributed by atoms with Crippen LogP contribution in [0.4, 0.5) is 0 Å².